The molecule has 5 heteroatoms. The highest BCUT2D eigenvalue weighted by Crippen LogP contribution is 2.32. The fourth-order valence-corrected chi connectivity index (χ4v) is 3.85. The lowest BCUT2D eigenvalue weighted by atomic mass is 9.93. The van der Waals surface area contributed by atoms with E-state index in [-0.39, 0.29) is 17.7 Å². The Labute approximate surface area is 149 Å². The number of aryl methyl sites for hydroxylation is 1. The molecule has 1 aromatic rings. The van der Waals surface area contributed by atoms with Gasteiger partial charge in [-0.15, -0.1) is 0 Å². The Balaban J connectivity index is 1.46. The van der Waals surface area contributed by atoms with Crippen molar-refractivity contribution in [1.29, 1.82) is 0 Å². The van der Waals surface area contributed by atoms with E-state index in [1.54, 1.807) is 4.90 Å². The molecule has 2 fully saturated rings. The van der Waals surface area contributed by atoms with Crippen LogP contribution in [0.25, 0.3) is 0 Å². The number of piperidine rings is 1. The number of aliphatic hydroxyl groups is 1. The summed E-state index contributed by atoms with van der Waals surface area (Å²) in [6, 6.07) is 8.14. The lowest BCUT2D eigenvalue weighted by Crippen LogP contribution is -2.51. The van der Waals surface area contributed by atoms with Gasteiger partial charge in [-0.1, -0.05) is 29.8 Å². The molecule has 5 nitrogen and oxygen atoms in total. The minimum Gasteiger partial charge on any atom is -0.380 e. The summed E-state index contributed by atoms with van der Waals surface area (Å²) in [6.07, 6.45) is 4.31. The van der Waals surface area contributed by atoms with Gasteiger partial charge in [-0.3, -0.25) is 9.59 Å². The number of amides is 2. The number of likely N-dealkylation sites (tertiary alicyclic amines) is 1. The van der Waals surface area contributed by atoms with Crippen molar-refractivity contribution in [2.75, 3.05) is 13.1 Å². The molecule has 2 aliphatic rings. The van der Waals surface area contributed by atoms with Crippen molar-refractivity contribution in [3.8, 4) is 0 Å². The summed E-state index contributed by atoms with van der Waals surface area (Å²) >= 11 is 0. The zero-order chi connectivity index (χ0) is 17.9. The van der Waals surface area contributed by atoms with Crippen LogP contribution in [0, 0.1) is 12.8 Å². The van der Waals surface area contributed by atoms with Gasteiger partial charge in [-0.05, 0) is 51.0 Å². The van der Waals surface area contributed by atoms with E-state index in [1.807, 2.05) is 31.2 Å². The number of carbonyl (C=O) groups excluding carboxylic acids is 2. The zero-order valence-corrected chi connectivity index (χ0v) is 15.0. The van der Waals surface area contributed by atoms with Crippen molar-refractivity contribution in [2.24, 2.45) is 5.92 Å². The molecular weight excluding hydrogens is 316 g/mol. The summed E-state index contributed by atoms with van der Waals surface area (Å²) in [5, 5.41) is 13.4. The number of nitrogens with zero attached hydrogens (tertiary/aromatic N) is 1. The van der Waals surface area contributed by atoms with Crippen LogP contribution in [0.5, 0.6) is 0 Å². The first-order valence-corrected chi connectivity index (χ1v) is 9.33. The van der Waals surface area contributed by atoms with Gasteiger partial charge in [0.25, 0.3) is 5.91 Å². The standard InChI is InChI=1S/C20H28N2O3/c1-15-4-6-16(7-5-15)14-21-18(23)17-8-12-22(13-9-17)19(24)20(25)10-2-3-11-20/h4-7,17,25H,2-3,8-14H2,1H3,(H,21,23). The van der Waals surface area contributed by atoms with E-state index in [0.29, 0.717) is 45.3 Å². The predicted molar refractivity (Wildman–Crippen MR) is 95.7 cm³/mol. The van der Waals surface area contributed by atoms with Crippen LogP contribution in [0.2, 0.25) is 0 Å². The average Bonchev–Trinajstić information content (AvgIpc) is 3.08. The molecule has 3 rings (SSSR count). The molecule has 0 atom stereocenters. The maximum atomic E-state index is 12.5. The molecule has 0 bridgehead atoms. The second kappa shape index (κ2) is 7.56. The smallest absolute Gasteiger partial charge is 0.254 e. The molecule has 1 saturated heterocycles. The van der Waals surface area contributed by atoms with Gasteiger partial charge in [-0.25, -0.2) is 0 Å². The fraction of sp³-hybridized carbons (Fsp3) is 0.600. The largest absolute Gasteiger partial charge is 0.380 e. The van der Waals surface area contributed by atoms with Gasteiger partial charge in [0.1, 0.15) is 5.60 Å². The zero-order valence-electron chi connectivity index (χ0n) is 15.0. The van der Waals surface area contributed by atoms with Gasteiger partial charge in [0.15, 0.2) is 0 Å². The Hall–Kier alpha value is -1.88. The van der Waals surface area contributed by atoms with Gasteiger partial charge in [0.2, 0.25) is 5.91 Å². The first-order valence-electron chi connectivity index (χ1n) is 9.33. The number of benzene rings is 1. The van der Waals surface area contributed by atoms with Crippen LogP contribution in [0.1, 0.15) is 49.7 Å². The molecule has 1 aliphatic heterocycles. The quantitative estimate of drug-likeness (QED) is 0.879. The third-order valence-corrected chi connectivity index (χ3v) is 5.57. The lowest BCUT2D eigenvalue weighted by Gasteiger charge is -2.35. The second-order valence-corrected chi connectivity index (χ2v) is 7.51. The Bertz CT molecular complexity index is 612. The van der Waals surface area contributed by atoms with Crippen LogP contribution in [0.4, 0.5) is 0 Å². The third kappa shape index (κ3) is 4.21. The first kappa shape index (κ1) is 17.9. The molecule has 2 amide bonds. The molecule has 1 heterocycles. The van der Waals surface area contributed by atoms with Gasteiger partial charge < -0.3 is 15.3 Å². The summed E-state index contributed by atoms with van der Waals surface area (Å²) < 4.78 is 0. The topological polar surface area (TPSA) is 69.6 Å². The highest BCUT2D eigenvalue weighted by atomic mass is 16.3. The molecule has 2 N–H and O–H groups in total. The van der Waals surface area contributed by atoms with E-state index in [1.165, 1.54) is 5.56 Å². The number of nitrogens with one attached hydrogen (secondary N) is 1. The maximum absolute atomic E-state index is 12.5. The molecule has 136 valence electrons. The van der Waals surface area contributed by atoms with Crippen molar-refractivity contribution in [2.45, 2.75) is 57.6 Å². The number of hydrogen-bond acceptors (Lipinski definition) is 3. The monoisotopic (exact) mass is 344 g/mol. The average molecular weight is 344 g/mol. The second-order valence-electron chi connectivity index (χ2n) is 7.51. The fourth-order valence-electron chi connectivity index (χ4n) is 3.85. The van der Waals surface area contributed by atoms with E-state index in [2.05, 4.69) is 5.32 Å². The maximum Gasteiger partial charge on any atom is 0.254 e. The summed E-state index contributed by atoms with van der Waals surface area (Å²) in [5.41, 5.74) is 1.15. The Morgan fingerprint density at radius 1 is 1.16 bits per heavy atom. The number of hydrogen-bond donors (Lipinski definition) is 2. The van der Waals surface area contributed by atoms with E-state index >= 15 is 0 Å². The summed E-state index contributed by atoms with van der Waals surface area (Å²) in [5.74, 6) is -0.122. The van der Waals surface area contributed by atoms with E-state index in [9.17, 15) is 14.7 Å². The van der Waals surface area contributed by atoms with Crippen LogP contribution in [0.15, 0.2) is 24.3 Å². The van der Waals surface area contributed by atoms with Crippen LogP contribution < -0.4 is 5.32 Å². The minimum absolute atomic E-state index is 0.0484. The number of carbonyl (C=O) groups is 2. The molecule has 0 unspecified atom stereocenters. The molecule has 0 spiro atoms. The predicted octanol–water partition coefficient (Wildman–Crippen LogP) is 2.15. The summed E-state index contributed by atoms with van der Waals surface area (Å²) in [4.78, 5) is 26.6. The molecule has 0 radical (unpaired) electrons. The minimum atomic E-state index is -1.15. The molecule has 1 aliphatic carbocycles. The van der Waals surface area contributed by atoms with Gasteiger partial charge in [0, 0.05) is 25.6 Å². The van der Waals surface area contributed by atoms with Crippen molar-refractivity contribution >= 4 is 11.8 Å². The third-order valence-electron chi connectivity index (χ3n) is 5.57. The van der Waals surface area contributed by atoms with Crippen molar-refractivity contribution in [3.05, 3.63) is 35.4 Å². The Morgan fingerprint density at radius 3 is 2.36 bits per heavy atom. The molecular formula is C20H28N2O3. The molecule has 25 heavy (non-hydrogen) atoms. The van der Waals surface area contributed by atoms with Gasteiger partial charge in [0.05, 0.1) is 0 Å². The van der Waals surface area contributed by atoms with Crippen LogP contribution >= 0.6 is 0 Å². The van der Waals surface area contributed by atoms with Gasteiger partial charge in [-0.2, -0.15) is 0 Å². The Morgan fingerprint density at radius 2 is 1.76 bits per heavy atom. The highest BCUT2D eigenvalue weighted by molar-refractivity contribution is 5.86. The normalized spacial score (nSPS) is 20.5. The van der Waals surface area contributed by atoms with E-state index < -0.39 is 5.60 Å². The summed E-state index contributed by atoms with van der Waals surface area (Å²) in [7, 11) is 0. The number of rotatable bonds is 4. The lowest BCUT2D eigenvalue weighted by molar-refractivity contribution is -0.153. The first-order chi connectivity index (χ1) is 12.0. The van der Waals surface area contributed by atoms with Crippen LogP contribution in [0.3, 0.4) is 0 Å². The van der Waals surface area contributed by atoms with E-state index in [4.69, 9.17) is 0 Å². The SMILES string of the molecule is Cc1ccc(CNC(=O)C2CCN(C(=O)C3(O)CCCC3)CC2)cc1. The van der Waals surface area contributed by atoms with Crippen molar-refractivity contribution < 1.29 is 14.7 Å². The van der Waals surface area contributed by atoms with Crippen LogP contribution in [-0.4, -0.2) is 40.5 Å². The van der Waals surface area contributed by atoms with E-state index in [0.717, 1.165) is 18.4 Å². The summed E-state index contributed by atoms with van der Waals surface area (Å²) in [6.45, 7) is 3.70. The van der Waals surface area contributed by atoms with Crippen molar-refractivity contribution in [1.82, 2.24) is 10.2 Å². The highest BCUT2D eigenvalue weighted by Gasteiger charge is 2.42. The molecule has 0 aromatic heterocycles. The molecule has 1 aromatic carbocycles. The van der Waals surface area contributed by atoms with Gasteiger partial charge >= 0.3 is 0 Å². The molecule has 1 saturated carbocycles. The van der Waals surface area contributed by atoms with Crippen molar-refractivity contribution in [3.63, 3.8) is 0 Å². The Kier molecular flexibility index (Phi) is 5.42. The van der Waals surface area contributed by atoms with Crippen LogP contribution in [-0.2, 0) is 16.1 Å².